The van der Waals surface area contributed by atoms with Crippen molar-refractivity contribution in [3.8, 4) is 0 Å². The van der Waals surface area contributed by atoms with Crippen molar-refractivity contribution in [1.82, 2.24) is 4.72 Å². The molecule has 1 fully saturated rings. The van der Waals surface area contributed by atoms with Crippen molar-refractivity contribution in [1.29, 1.82) is 0 Å². The maximum absolute atomic E-state index is 12.2. The molecule has 7 nitrogen and oxygen atoms in total. The Morgan fingerprint density at radius 1 is 1.53 bits per heavy atom. The van der Waals surface area contributed by atoms with Crippen LogP contribution in [0, 0.1) is 11.3 Å². The number of hydrogen-bond acceptors (Lipinski definition) is 5. The van der Waals surface area contributed by atoms with Crippen LogP contribution in [0.5, 0.6) is 0 Å². The Morgan fingerprint density at radius 3 is 2.68 bits per heavy atom. The molecule has 0 radical (unpaired) electrons. The highest BCUT2D eigenvalue weighted by molar-refractivity contribution is 7.87. The summed E-state index contributed by atoms with van der Waals surface area (Å²) in [6.07, 6.45) is 1.99. The van der Waals surface area contributed by atoms with Gasteiger partial charge in [-0.3, -0.25) is 4.79 Å². The molecule has 2 rings (SSSR count). The van der Waals surface area contributed by atoms with Crippen LogP contribution in [0.1, 0.15) is 40.0 Å². The van der Waals surface area contributed by atoms with Gasteiger partial charge in [-0.25, -0.2) is 9.86 Å². The standard InChI is InChI=1S/C11H19N3O4S/c1-10(2,3)8-7-5-4-6-11(7,18-13-8)9(15)14-19(12,16)17/h7H,4-6H2,1-3H3,(H,14,15)(H2,12,16,17). The van der Waals surface area contributed by atoms with Gasteiger partial charge >= 0.3 is 0 Å². The number of nitrogens with two attached hydrogens (primary N) is 1. The minimum atomic E-state index is -4.09. The van der Waals surface area contributed by atoms with E-state index in [-0.39, 0.29) is 11.3 Å². The summed E-state index contributed by atoms with van der Waals surface area (Å²) in [5.74, 6) is -0.908. The Balaban J connectivity index is 2.29. The molecule has 1 saturated carbocycles. The van der Waals surface area contributed by atoms with Crippen LogP contribution in [-0.2, 0) is 19.8 Å². The van der Waals surface area contributed by atoms with Crippen molar-refractivity contribution in [3.63, 3.8) is 0 Å². The molecule has 2 unspecified atom stereocenters. The third-order valence-electron chi connectivity index (χ3n) is 3.63. The smallest absolute Gasteiger partial charge is 0.298 e. The van der Waals surface area contributed by atoms with Gasteiger partial charge in [0.25, 0.3) is 16.1 Å². The molecule has 2 aliphatic rings. The normalized spacial score (nSPS) is 30.5. The molecule has 0 aromatic carbocycles. The van der Waals surface area contributed by atoms with Crippen LogP contribution in [0.25, 0.3) is 0 Å². The number of fused-ring (bicyclic) bond motifs is 1. The molecular formula is C11H19N3O4S. The number of hydrogen-bond donors (Lipinski definition) is 2. The summed E-state index contributed by atoms with van der Waals surface area (Å²) < 4.78 is 23.8. The maximum atomic E-state index is 12.2. The van der Waals surface area contributed by atoms with Gasteiger partial charge in [0.1, 0.15) is 0 Å². The zero-order chi connectivity index (χ0) is 14.5. The third-order valence-corrected chi connectivity index (χ3v) is 4.10. The molecule has 0 spiro atoms. The van der Waals surface area contributed by atoms with Gasteiger partial charge in [-0.15, -0.1) is 0 Å². The highest BCUT2D eigenvalue weighted by atomic mass is 32.2. The number of nitrogens with one attached hydrogen (secondary N) is 1. The van der Waals surface area contributed by atoms with Crippen molar-refractivity contribution in [2.45, 2.75) is 45.6 Å². The monoisotopic (exact) mass is 289 g/mol. The molecule has 0 aromatic rings. The van der Waals surface area contributed by atoms with E-state index in [1.807, 2.05) is 25.5 Å². The van der Waals surface area contributed by atoms with Crippen LogP contribution in [0.2, 0.25) is 0 Å². The van der Waals surface area contributed by atoms with Crippen LogP contribution >= 0.6 is 0 Å². The van der Waals surface area contributed by atoms with Crippen LogP contribution in [0.3, 0.4) is 0 Å². The van der Waals surface area contributed by atoms with Crippen LogP contribution in [-0.4, -0.2) is 25.6 Å². The van der Waals surface area contributed by atoms with Gasteiger partial charge in [0.2, 0.25) is 5.60 Å². The van der Waals surface area contributed by atoms with Gasteiger partial charge in [-0.1, -0.05) is 25.9 Å². The summed E-state index contributed by atoms with van der Waals surface area (Å²) in [7, 11) is -4.09. The van der Waals surface area contributed by atoms with Gasteiger partial charge in [0.15, 0.2) is 0 Å². The Kier molecular flexibility index (Phi) is 3.13. The van der Waals surface area contributed by atoms with Crippen molar-refractivity contribution < 1.29 is 18.0 Å². The molecule has 8 heteroatoms. The lowest BCUT2D eigenvalue weighted by Crippen LogP contribution is -2.53. The molecule has 1 aliphatic carbocycles. The average molecular weight is 289 g/mol. The zero-order valence-electron chi connectivity index (χ0n) is 11.3. The molecular weight excluding hydrogens is 270 g/mol. The van der Waals surface area contributed by atoms with Crippen LogP contribution in [0.15, 0.2) is 5.16 Å². The summed E-state index contributed by atoms with van der Waals surface area (Å²) in [6, 6.07) is 0. The molecule has 19 heavy (non-hydrogen) atoms. The minimum Gasteiger partial charge on any atom is -0.378 e. The number of carbonyl (C=O) groups is 1. The summed E-state index contributed by atoms with van der Waals surface area (Å²) >= 11 is 0. The van der Waals surface area contributed by atoms with Crippen LogP contribution < -0.4 is 9.86 Å². The molecule has 3 N–H and O–H groups in total. The lowest BCUT2D eigenvalue weighted by Gasteiger charge is -2.28. The van der Waals surface area contributed by atoms with Gasteiger partial charge < -0.3 is 4.84 Å². The fourth-order valence-corrected chi connectivity index (χ4v) is 3.26. The Bertz CT molecular complexity index is 535. The lowest BCUT2D eigenvalue weighted by molar-refractivity contribution is -0.144. The molecule has 0 saturated heterocycles. The van der Waals surface area contributed by atoms with Crippen molar-refractivity contribution >= 4 is 21.8 Å². The molecule has 0 aromatic heterocycles. The number of oxime groups is 1. The third kappa shape index (κ3) is 2.46. The van der Waals surface area contributed by atoms with E-state index in [1.54, 1.807) is 0 Å². The van der Waals surface area contributed by atoms with E-state index in [2.05, 4.69) is 5.16 Å². The molecule has 1 amide bonds. The van der Waals surface area contributed by atoms with Crippen molar-refractivity contribution in [2.75, 3.05) is 0 Å². The first kappa shape index (κ1) is 14.3. The average Bonchev–Trinajstić information content (AvgIpc) is 2.68. The number of nitrogens with zero attached hydrogens (tertiary/aromatic N) is 1. The maximum Gasteiger partial charge on any atom is 0.298 e. The van der Waals surface area contributed by atoms with Crippen molar-refractivity contribution in [3.05, 3.63) is 0 Å². The topological polar surface area (TPSA) is 111 Å². The second-order valence-corrected chi connectivity index (χ2v) is 7.42. The van der Waals surface area contributed by atoms with Gasteiger partial charge in [0.05, 0.1) is 11.6 Å². The highest BCUT2D eigenvalue weighted by Gasteiger charge is 2.59. The summed E-state index contributed by atoms with van der Waals surface area (Å²) in [6.45, 7) is 5.96. The van der Waals surface area contributed by atoms with E-state index in [0.717, 1.165) is 18.6 Å². The van der Waals surface area contributed by atoms with Crippen molar-refractivity contribution in [2.24, 2.45) is 21.6 Å². The van der Waals surface area contributed by atoms with Gasteiger partial charge in [0, 0.05) is 5.41 Å². The summed E-state index contributed by atoms with van der Waals surface area (Å²) in [5.41, 5.74) is -0.636. The van der Waals surface area contributed by atoms with E-state index >= 15 is 0 Å². The number of amides is 1. The molecule has 0 bridgehead atoms. The SMILES string of the molecule is CC(C)(C)C1=NOC2(C(=O)NS(N)(=O)=O)CCCC12. The zero-order valence-corrected chi connectivity index (χ0v) is 12.1. The van der Waals surface area contributed by atoms with E-state index < -0.39 is 21.7 Å². The Morgan fingerprint density at radius 2 is 2.16 bits per heavy atom. The number of carbonyl (C=O) groups excluding carboxylic acids is 1. The first-order valence-corrected chi connectivity index (χ1v) is 7.72. The molecule has 1 aliphatic heterocycles. The first-order valence-electron chi connectivity index (χ1n) is 6.18. The minimum absolute atomic E-state index is 0.186. The van der Waals surface area contributed by atoms with E-state index in [1.165, 1.54) is 0 Å². The number of rotatable bonds is 2. The second kappa shape index (κ2) is 4.17. The molecule has 1 heterocycles. The predicted molar refractivity (Wildman–Crippen MR) is 69.3 cm³/mol. The quantitative estimate of drug-likeness (QED) is 0.760. The highest BCUT2D eigenvalue weighted by Crippen LogP contribution is 2.47. The Labute approximate surface area is 112 Å². The largest absolute Gasteiger partial charge is 0.378 e. The van der Waals surface area contributed by atoms with Gasteiger partial charge in [-0.05, 0) is 19.3 Å². The van der Waals surface area contributed by atoms with E-state index in [9.17, 15) is 13.2 Å². The first-order chi connectivity index (χ1) is 8.56. The van der Waals surface area contributed by atoms with E-state index in [0.29, 0.717) is 6.42 Å². The summed E-state index contributed by atoms with van der Waals surface area (Å²) in [5, 5.41) is 8.89. The van der Waals surface area contributed by atoms with E-state index in [4.69, 9.17) is 9.98 Å². The Hall–Kier alpha value is -1.15. The second-order valence-electron chi connectivity index (χ2n) is 6.13. The molecule has 108 valence electrons. The fraction of sp³-hybridized carbons (Fsp3) is 0.818. The fourth-order valence-electron chi connectivity index (χ4n) is 2.83. The summed E-state index contributed by atoms with van der Waals surface area (Å²) in [4.78, 5) is 17.5. The van der Waals surface area contributed by atoms with Gasteiger partial charge in [-0.2, -0.15) is 8.42 Å². The van der Waals surface area contributed by atoms with Crippen LogP contribution in [0.4, 0.5) is 0 Å². The molecule has 2 atom stereocenters. The lowest BCUT2D eigenvalue weighted by atomic mass is 9.76. The predicted octanol–water partition coefficient (Wildman–Crippen LogP) is 0.277.